The van der Waals surface area contributed by atoms with E-state index in [9.17, 15) is 33.8 Å². The third-order valence-corrected chi connectivity index (χ3v) is 14.1. The molecule has 15 nitrogen and oxygen atoms in total. The molecule has 3 saturated heterocycles. The lowest BCUT2D eigenvalue weighted by Gasteiger charge is -2.68. The molecular formula is C44H61FN2O13. The van der Waals surface area contributed by atoms with Gasteiger partial charge in [0.2, 0.25) is 0 Å². The van der Waals surface area contributed by atoms with E-state index in [0.717, 1.165) is 13.0 Å². The summed E-state index contributed by atoms with van der Waals surface area (Å²) in [6.45, 7) is 15.6. The van der Waals surface area contributed by atoms with Gasteiger partial charge in [-0.15, -0.1) is 0 Å². The number of ether oxygens (including phenoxy) is 7. The molecule has 7 rings (SSSR count). The highest BCUT2D eigenvalue weighted by molar-refractivity contribution is 5.89. The Morgan fingerprint density at radius 1 is 1.07 bits per heavy atom. The van der Waals surface area contributed by atoms with Gasteiger partial charge in [0.15, 0.2) is 18.0 Å². The molecule has 332 valence electrons. The average molecular weight is 845 g/mol. The first-order valence-electron chi connectivity index (χ1n) is 21.1. The van der Waals surface area contributed by atoms with Crippen LogP contribution in [0, 0.1) is 16.7 Å². The van der Waals surface area contributed by atoms with Crippen LogP contribution in [0.25, 0.3) is 0 Å². The largest absolute Gasteiger partial charge is 0.456 e. The molecule has 3 N–H and O–H groups in total. The second-order valence-electron chi connectivity index (χ2n) is 19.4. The Kier molecular flexibility index (Phi) is 11.8. The van der Waals surface area contributed by atoms with Crippen molar-refractivity contribution in [3.63, 3.8) is 0 Å². The van der Waals surface area contributed by atoms with Crippen LogP contribution in [0.3, 0.4) is 0 Å². The quantitative estimate of drug-likeness (QED) is 0.173. The van der Waals surface area contributed by atoms with Gasteiger partial charge in [-0.25, -0.2) is 18.8 Å². The minimum absolute atomic E-state index is 0.0397. The summed E-state index contributed by atoms with van der Waals surface area (Å²) in [5.41, 5.74) is -5.42. The van der Waals surface area contributed by atoms with Crippen LogP contribution in [0.2, 0.25) is 0 Å². The Labute approximate surface area is 350 Å². The van der Waals surface area contributed by atoms with Gasteiger partial charge in [-0.05, 0) is 77.2 Å². The monoisotopic (exact) mass is 844 g/mol. The fraction of sp³-hybridized carbons (Fsp3) is 0.727. The fourth-order valence-electron chi connectivity index (χ4n) is 10.8. The van der Waals surface area contributed by atoms with Crippen LogP contribution in [0.1, 0.15) is 98.4 Å². The molecule has 3 aliphatic carbocycles. The van der Waals surface area contributed by atoms with Gasteiger partial charge in [0.25, 0.3) is 0 Å². The SMILES string of the molecule is CC(=O)O[C@@]12CO[C@@H]1CC[C@@]1(C)[C@@H]3O[C@H](CN4CC[C@H]4C)O[C@@H]3C3=C(C)[C@@H](OC(=O)[C@H](O)[C@H](CF)NC(=O)OC(C)(C)C)C[C@@](O)([C@@H](OC(=O)c4ccccc4)[C@@H]12)C3(C)C. The Morgan fingerprint density at radius 3 is 2.33 bits per heavy atom. The van der Waals surface area contributed by atoms with Crippen LogP contribution in [0.15, 0.2) is 41.5 Å². The molecule has 5 fully saturated rings. The van der Waals surface area contributed by atoms with Gasteiger partial charge in [0, 0.05) is 43.3 Å². The van der Waals surface area contributed by atoms with Gasteiger partial charge in [-0.3, -0.25) is 9.69 Å². The van der Waals surface area contributed by atoms with E-state index in [1.807, 2.05) is 20.8 Å². The lowest BCUT2D eigenvalue weighted by Crippen LogP contribution is -2.79. The van der Waals surface area contributed by atoms with Crippen molar-refractivity contribution in [2.24, 2.45) is 16.7 Å². The first kappa shape index (κ1) is 44.4. The van der Waals surface area contributed by atoms with Crippen LogP contribution in [0.4, 0.5) is 9.18 Å². The summed E-state index contributed by atoms with van der Waals surface area (Å²) in [6, 6.07) is 6.92. The topological polar surface area (TPSA) is 189 Å². The van der Waals surface area contributed by atoms with E-state index >= 15 is 0 Å². The van der Waals surface area contributed by atoms with Crippen molar-refractivity contribution >= 4 is 24.0 Å². The number of alkyl halides is 1. The smallest absolute Gasteiger partial charge is 0.408 e. The summed E-state index contributed by atoms with van der Waals surface area (Å²) >= 11 is 0. The summed E-state index contributed by atoms with van der Waals surface area (Å²) in [5, 5.41) is 27.1. The number of nitrogens with zero attached hydrogens (tertiary/aromatic N) is 1. The number of carbonyl (C=O) groups is 4. The maximum absolute atomic E-state index is 14.4. The molecule has 3 heterocycles. The molecule has 1 amide bonds. The number of carbonyl (C=O) groups excluding carboxylic acids is 4. The Bertz CT molecular complexity index is 1870. The fourth-order valence-corrected chi connectivity index (χ4v) is 10.8. The van der Waals surface area contributed by atoms with Crippen molar-refractivity contribution in [2.45, 2.75) is 160 Å². The molecule has 0 aromatic heterocycles. The number of aliphatic hydroxyl groups excluding tert-OH is 1. The molecule has 2 bridgehead atoms. The molecular weight excluding hydrogens is 783 g/mol. The minimum atomic E-state index is -2.18. The number of hydrogen-bond donors (Lipinski definition) is 3. The van der Waals surface area contributed by atoms with Crippen molar-refractivity contribution in [1.82, 2.24) is 10.2 Å². The Morgan fingerprint density at radius 2 is 1.77 bits per heavy atom. The molecule has 0 spiro atoms. The molecule has 13 atom stereocenters. The number of rotatable bonds is 10. The maximum Gasteiger partial charge on any atom is 0.408 e. The normalized spacial score (nSPS) is 37.9. The Hall–Kier alpha value is -3.67. The molecule has 3 aliphatic heterocycles. The molecule has 6 aliphatic rings. The summed E-state index contributed by atoms with van der Waals surface area (Å²) in [6.07, 6.45) is -7.25. The zero-order valence-electron chi connectivity index (χ0n) is 36.0. The van der Waals surface area contributed by atoms with E-state index in [1.165, 1.54) is 6.92 Å². The number of benzene rings is 1. The molecule has 16 heteroatoms. The van der Waals surface area contributed by atoms with E-state index in [1.54, 1.807) is 58.0 Å². The summed E-state index contributed by atoms with van der Waals surface area (Å²) in [5.74, 6) is -3.55. The molecule has 2 saturated carbocycles. The first-order chi connectivity index (χ1) is 28.1. The van der Waals surface area contributed by atoms with Gasteiger partial charge in [0.1, 0.15) is 42.3 Å². The lowest BCUT2D eigenvalue weighted by molar-refractivity contribution is -0.345. The number of likely N-dealkylation sites (tertiary alicyclic amines) is 1. The number of amides is 1. The molecule has 0 radical (unpaired) electrons. The summed E-state index contributed by atoms with van der Waals surface area (Å²) in [7, 11) is 0. The van der Waals surface area contributed by atoms with E-state index in [4.69, 9.17) is 33.2 Å². The van der Waals surface area contributed by atoms with Crippen LogP contribution >= 0.6 is 0 Å². The predicted octanol–water partition coefficient (Wildman–Crippen LogP) is 4.16. The molecule has 1 aromatic rings. The predicted molar refractivity (Wildman–Crippen MR) is 211 cm³/mol. The van der Waals surface area contributed by atoms with Gasteiger partial charge in [-0.1, -0.05) is 39.0 Å². The van der Waals surface area contributed by atoms with Gasteiger partial charge in [-0.2, -0.15) is 0 Å². The number of aliphatic hydroxyl groups is 2. The van der Waals surface area contributed by atoms with Crippen molar-refractivity contribution in [2.75, 3.05) is 26.4 Å². The third kappa shape index (κ3) is 7.52. The second-order valence-corrected chi connectivity index (χ2v) is 19.4. The van der Waals surface area contributed by atoms with Crippen LogP contribution in [-0.2, 0) is 42.7 Å². The van der Waals surface area contributed by atoms with Gasteiger partial charge in [0.05, 0.1) is 30.2 Å². The van der Waals surface area contributed by atoms with Crippen molar-refractivity contribution in [1.29, 1.82) is 0 Å². The van der Waals surface area contributed by atoms with Crippen LogP contribution in [0.5, 0.6) is 0 Å². The van der Waals surface area contributed by atoms with Crippen LogP contribution < -0.4 is 5.32 Å². The van der Waals surface area contributed by atoms with Gasteiger partial charge >= 0.3 is 24.0 Å². The average Bonchev–Trinajstić information content (AvgIpc) is 3.58. The third-order valence-electron chi connectivity index (χ3n) is 14.1. The Balaban J connectivity index is 1.36. The molecule has 60 heavy (non-hydrogen) atoms. The van der Waals surface area contributed by atoms with E-state index in [0.29, 0.717) is 36.6 Å². The highest BCUT2D eigenvalue weighted by Gasteiger charge is 2.77. The van der Waals surface area contributed by atoms with Crippen molar-refractivity contribution < 1.29 is 66.9 Å². The van der Waals surface area contributed by atoms with Gasteiger partial charge < -0.3 is 48.7 Å². The zero-order chi connectivity index (χ0) is 43.7. The maximum atomic E-state index is 14.4. The number of alkyl carbamates (subject to hydrolysis) is 1. The lowest BCUT2D eigenvalue weighted by atomic mass is 9.45. The highest BCUT2D eigenvalue weighted by atomic mass is 19.1. The van der Waals surface area contributed by atoms with E-state index in [2.05, 4.69) is 17.1 Å². The minimum Gasteiger partial charge on any atom is -0.456 e. The highest BCUT2D eigenvalue weighted by Crippen LogP contribution is 2.66. The number of fused-ring (bicyclic) bond motifs is 8. The van der Waals surface area contributed by atoms with Crippen LogP contribution in [-0.4, -0.2) is 137 Å². The first-order valence-corrected chi connectivity index (χ1v) is 21.1. The summed E-state index contributed by atoms with van der Waals surface area (Å²) < 4.78 is 58.6. The molecule has 1 aromatic carbocycles. The standard InChI is InChI=1S/C44H61FN2O13/c1-23-16-18-47(23)21-30-56-33-31-24(2)28(55-38(51)32(49)27(20-45)46-39(52)60-40(4,5)6)19-44(53,41(31,7)8)36(58-37(50)26-13-11-10-12-14-26)34-42(9,35(33)57-30)17-15-29-43(34,22-54-29)59-25(3)48/h10-14,23,27-30,32-36,49,53H,15-22H2,1-9H3,(H,46,52)/t23-,27+,28+,29-,30-,32-,33-,34+,35-,36+,42-,43+,44-/m1/s1. The summed E-state index contributed by atoms with van der Waals surface area (Å²) in [4.78, 5) is 56.2. The van der Waals surface area contributed by atoms with E-state index in [-0.39, 0.29) is 18.6 Å². The van der Waals surface area contributed by atoms with Crippen molar-refractivity contribution in [3.8, 4) is 0 Å². The number of halogens is 1. The number of nitrogens with one attached hydrogen (secondary N) is 1. The molecule has 0 unspecified atom stereocenters. The van der Waals surface area contributed by atoms with E-state index < -0.39 is 113 Å². The zero-order valence-corrected chi connectivity index (χ0v) is 36.0. The second kappa shape index (κ2) is 15.9. The number of hydrogen-bond acceptors (Lipinski definition) is 14. The van der Waals surface area contributed by atoms with Crippen molar-refractivity contribution in [3.05, 3.63) is 47.0 Å². The number of esters is 3.